The van der Waals surface area contributed by atoms with Crippen LogP contribution in [0.3, 0.4) is 0 Å². The summed E-state index contributed by atoms with van der Waals surface area (Å²) in [6, 6.07) is -0.528. The number of nitrogens with two attached hydrogens (primary N) is 1. The second kappa shape index (κ2) is 5.25. The Bertz CT molecular complexity index is 488. The van der Waals surface area contributed by atoms with Gasteiger partial charge in [-0.1, -0.05) is 30.6 Å². The van der Waals surface area contributed by atoms with Crippen LogP contribution in [0.5, 0.6) is 0 Å². The number of nitrogen functional groups attached to an aromatic ring is 1. The minimum absolute atomic E-state index is 0.105. The van der Waals surface area contributed by atoms with Crippen LogP contribution < -0.4 is 10.5 Å². The molecule has 1 aromatic heterocycles. The summed E-state index contributed by atoms with van der Waals surface area (Å²) in [6.45, 7) is 1.92. The Labute approximate surface area is 98.3 Å². The summed E-state index contributed by atoms with van der Waals surface area (Å²) in [5.74, 6) is 2.37. The second-order valence-electron chi connectivity index (χ2n) is 3.04. The highest BCUT2D eigenvalue weighted by Crippen LogP contribution is 2.17. The van der Waals surface area contributed by atoms with Crippen molar-refractivity contribution in [2.24, 2.45) is 0 Å². The molecule has 0 aliphatic heterocycles. The molecule has 0 spiro atoms. The van der Waals surface area contributed by atoms with Gasteiger partial charge in [-0.2, -0.15) is 4.72 Å². The van der Waals surface area contributed by atoms with Crippen molar-refractivity contribution in [3.8, 4) is 12.3 Å². The standard InChI is InChI=1S/C8H12N4O2S2/c1-3-5-6(4-2)12-16(13,14)8-11-10-7(9)15-8/h2,6,12H,3,5H2,1H3,(H2,9,10). The maximum Gasteiger partial charge on any atom is 0.270 e. The molecular formula is C8H12N4O2S2. The van der Waals surface area contributed by atoms with Gasteiger partial charge in [0, 0.05) is 0 Å². The predicted molar refractivity (Wildman–Crippen MR) is 62.2 cm³/mol. The number of sulfonamides is 1. The van der Waals surface area contributed by atoms with Gasteiger partial charge in [0.1, 0.15) is 0 Å². The normalized spacial score (nSPS) is 13.2. The van der Waals surface area contributed by atoms with Gasteiger partial charge in [0.25, 0.3) is 10.0 Å². The van der Waals surface area contributed by atoms with Crippen LogP contribution in [0.4, 0.5) is 5.13 Å². The summed E-state index contributed by atoms with van der Waals surface area (Å²) in [5.41, 5.74) is 5.31. The number of hydrogen-bond acceptors (Lipinski definition) is 6. The lowest BCUT2D eigenvalue weighted by atomic mass is 10.2. The van der Waals surface area contributed by atoms with Crippen molar-refractivity contribution in [3.63, 3.8) is 0 Å². The Kier molecular flexibility index (Phi) is 4.23. The third-order valence-corrected chi connectivity index (χ3v) is 4.32. The predicted octanol–water partition coefficient (Wildman–Crippen LogP) is 0.200. The number of terminal acetylenes is 1. The molecule has 0 fully saturated rings. The molecule has 1 heterocycles. The number of aromatic nitrogens is 2. The van der Waals surface area contributed by atoms with Gasteiger partial charge in [-0.15, -0.1) is 16.6 Å². The smallest absolute Gasteiger partial charge is 0.270 e. The second-order valence-corrected chi connectivity index (χ2v) is 5.93. The van der Waals surface area contributed by atoms with Gasteiger partial charge in [0.05, 0.1) is 6.04 Å². The number of nitrogens with zero attached hydrogens (tertiary/aromatic N) is 2. The van der Waals surface area contributed by atoms with E-state index in [9.17, 15) is 8.42 Å². The molecule has 1 aromatic rings. The fourth-order valence-electron chi connectivity index (χ4n) is 1.03. The zero-order valence-corrected chi connectivity index (χ0v) is 10.3. The van der Waals surface area contributed by atoms with Gasteiger partial charge < -0.3 is 5.73 Å². The number of anilines is 1. The summed E-state index contributed by atoms with van der Waals surface area (Å²) in [7, 11) is -3.70. The van der Waals surface area contributed by atoms with Crippen molar-refractivity contribution < 1.29 is 8.42 Å². The quantitative estimate of drug-likeness (QED) is 0.737. The Hall–Kier alpha value is -1.17. The molecule has 0 bridgehead atoms. The maximum atomic E-state index is 11.7. The first-order valence-corrected chi connectivity index (χ1v) is 6.87. The third-order valence-electron chi connectivity index (χ3n) is 1.73. The van der Waals surface area contributed by atoms with Crippen LogP contribution in [0.2, 0.25) is 0 Å². The lowest BCUT2D eigenvalue weighted by Gasteiger charge is -2.09. The molecule has 0 aromatic carbocycles. The van der Waals surface area contributed by atoms with Gasteiger partial charge in [-0.25, -0.2) is 8.42 Å². The van der Waals surface area contributed by atoms with Gasteiger partial charge >= 0.3 is 0 Å². The third kappa shape index (κ3) is 3.16. The van der Waals surface area contributed by atoms with E-state index < -0.39 is 16.1 Å². The molecular weight excluding hydrogens is 248 g/mol. The molecule has 0 aliphatic carbocycles. The van der Waals surface area contributed by atoms with Crippen molar-refractivity contribution in [1.82, 2.24) is 14.9 Å². The molecule has 1 unspecified atom stereocenters. The highest BCUT2D eigenvalue weighted by molar-refractivity contribution is 7.91. The average molecular weight is 260 g/mol. The van der Waals surface area contributed by atoms with Gasteiger partial charge in [-0.3, -0.25) is 0 Å². The topological polar surface area (TPSA) is 98.0 Å². The summed E-state index contributed by atoms with van der Waals surface area (Å²) in [5, 5.41) is 7.00. The largest absolute Gasteiger partial charge is 0.374 e. The van der Waals surface area contributed by atoms with Crippen molar-refractivity contribution in [1.29, 1.82) is 0 Å². The molecule has 0 amide bonds. The summed E-state index contributed by atoms with van der Waals surface area (Å²) in [6.07, 6.45) is 6.58. The number of rotatable bonds is 5. The first-order valence-electron chi connectivity index (χ1n) is 4.57. The van der Waals surface area contributed by atoms with Crippen molar-refractivity contribution >= 4 is 26.5 Å². The Morgan fingerprint density at radius 3 is 2.75 bits per heavy atom. The molecule has 0 saturated heterocycles. The fourth-order valence-corrected chi connectivity index (χ4v) is 3.02. The van der Waals surface area contributed by atoms with Crippen LogP contribution >= 0.6 is 11.3 Å². The van der Waals surface area contributed by atoms with E-state index in [1.54, 1.807) is 0 Å². The van der Waals surface area contributed by atoms with E-state index in [2.05, 4.69) is 20.8 Å². The van der Waals surface area contributed by atoms with Crippen molar-refractivity contribution in [2.75, 3.05) is 5.73 Å². The minimum atomic E-state index is -3.70. The summed E-state index contributed by atoms with van der Waals surface area (Å²) < 4.78 is 25.7. The molecule has 0 radical (unpaired) electrons. The highest BCUT2D eigenvalue weighted by Gasteiger charge is 2.22. The minimum Gasteiger partial charge on any atom is -0.374 e. The Morgan fingerprint density at radius 1 is 1.62 bits per heavy atom. The first-order chi connectivity index (χ1) is 7.49. The van der Waals surface area contributed by atoms with E-state index in [0.717, 1.165) is 17.8 Å². The molecule has 1 atom stereocenters. The van der Waals surface area contributed by atoms with E-state index in [4.69, 9.17) is 12.2 Å². The van der Waals surface area contributed by atoms with Gasteiger partial charge in [0.2, 0.25) is 9.47 Å². The number of hydrogen-bond donors (Lipinski definition) is 2. The van der Waals surface area contributed by atoms with E-state index in [0.29, 0.717) is 6.42 Å². The molecule has 88 valence electrons. The zero-order valence-electron chi connectivity index (χ0n) is 8.67. The lowest BCUT2D eigenvalue weighted by Crippen LogP contribution is -2.33. The molecule has 0 aliphatic rings. The number of nitrogens with one attached hydrogen (secondary N) is 1. The van der Waals surface area contributed by atoms with Crippen LogP contribution in [0, 0.1) is 12.3 Å². The SMILES string of the molecule is C#CC(CCC)NS(=O)(=O)c1nnc(N)s1. The van der Waals surface area contributed by atoms with Crippen LogP contribution in [0.1, 0.15) is 19.8 Å². The van der Waals surface area contributed by atoms with Crippen LogP contribution in [-0.2, 0) is 10.0 Å². The van der Waals surface area contributed by atoms with Crippen molar-refractivity contribution in [2.45, 2.75) is 30.1 Å². The van der Waals surface area contributed by atoms with Crippen LogP contribution in [-0.4, -0.2) is 24.7 Å². The van der Waals surface area contributed by atoms with Gasteiger partial charge in [0.15, 0.2) is 0 Å². The average Bonchev–Trinajstić information content (AvgIpc) is 2.64. The van der Waals surface area contributed by atoms with Gasteiger partial charge in [-0.05, 0) is 6.42 Å². The zero-order chi connectivity index (χ0) is 12.2. The summed E-state index contributed by atoms with van der Waals surface area (Å²) >= 11 is 0.802. The fraction of sp³-hybridized carbons (Fsp3) is 0.500. The molecule has 16 heavy (non-hydrogen) atoms. The molecule has 1 rings (SSSR count). The lowest BCUT2D eigenvalue weighted by molar-refractivity contribution is 0.562. The van der Waals surface area contributed by atoms with Crippen molar-refractivity contribution in [3.05, 3.63) is 0 Å². The van der Waals surface area contributed by atoms with E-state index in [-0.39, 0.29) is 9.47 Å². The van der Waals surface area contributed by atoms with Crippen LogP contribution in [0.15, 0.2) is 4.34 Å². The summed E-state index contributed by atoms with van der Waals surface area (Å²) in [4.78, 5) is 0. The van der Waals surface area contributed by atoms with E-state index >= 15 is 0 Å². The monoisotopic (exact) mass is 260 g/mol. The first kappa shape index (κ1) is 12.9. The Morgan fingerprint density at radius 2 is 2.31 bits per heavy atom. The van der Waals surface area contributed by atoms with Crippen LogP contribution in [0.25, 0.3) is 0 Å². The van der Waals surface area contributed by atoms with E-state index in [1.165, 1.54) is 0 Å². The van der Waals surface area contributed by atoms with E-state index in [1.807, 2.05) is 6.92 Å². The molecule has 3 N–H and O–H groups in total. The molecule has 8 heteroatoms. The molecule has 6 nitrogen and oxygen atoms in total. The molecule has 0 saturated carbocycles. The Balaban J connectivity index is 2.84. The highest BCUT2D eigenvalue weighted by atomic mass is 32.2. The maximum absolute atomic E-state index is 11.7.